The van der Waals surface area contributed by atoms with E-state index < -0.39 is 0 Å². The fraction of sp³-hybridized carbons (Fsp3) is 0.286. The highest BCUT2D eigenvalue weighted by Gasteiger charge is 2.22. The Bertz CT molecular complexity index is 1820. The molecule has 3 aromatic carbocycles. The number of nitrogens with zero attached hydrogens (tertiary/aromatic N) is 1. The van der Waals surface area contributed by atoms with Crippen molar-refractivity contribution in [3.63, 3.8) is 0 Å². The van der Waals surface area contributed by atoms with Gasteiger partial charge in [-0.25, -0.2) is 0 Å². The minimum atomic E-state index is 0.0399. The van der Waals surface area contributed by atoms with Crippen LogP contribution in [0.15, 0.2) is 66.9 Å². The maximum Gasteiger partial charge on any atom is 0.0791 e. The third kappa shape index (κ3) is 4.17. The number of thiophene rings is 2. The van der Waals surface area contributed by atoms with Gasteiger partial charge in [0.05, 0.1) is 5.69 Å². The minimum Gasteiger partial charge on any atom is -0.256 e. The van der Waals surface area contributed by atoms with Gasteiger partial charge in [0, 0.05) is 47.3 Å². The molecule has 192 valence electrons. The molecule has 0 aliphatic heterocycles. The lowest BCUT2D eigenvalue weighted by Crippen LogP contribution is -2.12. The van der Waals surface area contributed by atoms with Crippen molar-refractivity contribution in [2.24, 2.45) is 5.92 Å². The number of hydrogen-bond donors (Lipinski definition) is 0. The average Bonchev–Trinajstić information content (AvgIpc) is 3.38. The molecule has 0 atom stereocenters. The van der Waals surface area contributed by atoms with Crippen LogP contribution in [0.4, 0.5) is 0 Å². The van der Waals surface area contributed by atoms with E-state index in [-0.39, 0.29) is 5.41 Å². The average molecular weight is 534 g/mol. The van der Waals surface area contributed by atoms with E-state index in [1.807, 2.05) is 28.9 Å². The zero-order valence-corrected chi connectivity index (χ0v) is 25.0. The number of fused-ring (bicyclic) bond motifs is 3. The van der Waals surface area contributed by atoms with Gasteiger partial charge in [-0.05, 0) is 83.3 Å². The van der Waals surface area contributed by atoms with Crippen LogP contribution in [0.1, 0.15) is 56.2 Å². The molecule has 3 heterocycles. The lowest BCUT2D eigenvalue weighted by Gasteiger charge is -2.23. The van der Waals surface area contributed by atoms with Crippen LogP contribution >= 0.6 is 22.7 Å². The zero-order valence-electron chi connectivity index (χ0n) is 23.4. The van der Waals surface area contributed by atoms with Crippen LogP contribution in [0.2, 0.25) is 0 Å². The van der Waals surface area contributed by atoms with Gasteiger partial charge in [0.15, 0.2) is 0 Å². The number of pyridine rings is 1. The van der Waals surface area contributed by atoms with Crippen molar-refractivity contribution < 1.29 is 0 Å². The van der Waals surface area contributed by atoms with Gasteiger partial charge in [0.2, 0.25) is 0 Å². The van der Waals surface area contributed by atoms with Crippen molar-refractivity contribution in [1.29, 1.82) is 0 Å². The molecule has 0 fully saturated rings. The smallest absolute Gasteiger partial charge is 0.0791 e. The van der Waals surface area contributed by atoms with E-state index in [4.69, 9.17) is 4.98 Å². The van der Waals surface area contributed by atoms with Crippen molar-refractivity contribution >= 4 is 53.6 Å². The van der Waals surface area contributed by atoms with Gasteiger partial charge < -0.3 is 0 Å². The molecule has 0 bridgehead atoms. The molecule has 0 unspecified atom stereocenters. The van der Waals surface area contributed by atoms with Crippen molar-refractivity contribution in [2.75, 3.05) is 0 Å². The Labute approximate surface area is 234 Å². The van der Waals surface area contributed by atoms with Gasteiger partial charge in [-0.1, -0.05) is 71.0 Å². The Balaban J connectivity index is 1.59. The van der Waals surface area contributed by atoms with Crippen LogP contribution in [0, 0.1) is 19.8 Å². The van der Waals surface area contributed by atoms with Crippen LogP contribution in [0.25, 0.3) is 52.6 Å². The molecule has 0 saturated heterocycles. The summed E-state index contributed by atoms with van der Waals surface area (Å²) in [5.74, 6) is 0.657. The van der Waals surface area contributed by atoms with Gasteiger partial charge in [-0.2, -0.15) is 0 Å². The lowest BCUT2D eigenvalue weighted by atomic mass is 9.82. The van der Waals surface area contributed by atoms with E-state index in [0.29, 0.717) is 5.92 Å². The van der Waals surface area contributed by atoms with E-state index in [0.717, 1.165) is 12.1 Å². The maximum atomic E-state index is 5.00. The first kappa shape index (κ1) is 25.3. The summed E-state index contributed by atoms with van der Waals surface area (Å²) in [6.07, 6.45) is 3.13. The highest BCUT2D eigenvalue weighted by Crippen LogP contribution is 2.47. The normalized spacial score (nSPS) is 12.4. The van der Waals surface area contributed by atoms with Crippen molar-refractivity contribution in [2.45, 2.75) is 60.3 Å². The summed E-state index contributed by atoms with van der Waals surface area (Å²) in [6.45, 7) is 16.1. The molecule has 38 heavy (non-hydrogen) atoms. The van der Waals surface area contributed by atoms with E-state index >= 15 is 0 Å². The largest absolute Gasteiger partial charge is 0.256 e. The van der Waals surface area contributed by atoms with E-state index in [2.05, 4.69) is 109 Å². The van der Waals surface area contributed by atoms with Gasteiger partial charge in [0.25, 0.3) is 0 Å². The quantitative estimate of drug-likeness (QED) is 0.220. The molecule has 0 aliphatic rings. The molecule has 6 rings (SSSR count). The molecule has 6 aromatic rings. The maximum absolute atomic E-state index is 5.00. The molecule has 0 N–H and O–H groups in total. The second-order valence-corrected chi connectivity index (χ2v) is 14.2. The van der Waals surface area contributed by atoms with Crippen LogP contribution in [0.5, 0.6) is 0 Å². The molecular weight excluding hydrogens is 499 g/mol. The standard InChI is InChI=1S/C35H35NS2/c1-20(2)17-30-21(3)31-26(13-10-14-28(31)37-30)34-22(4)32-29(38-34)15-16-36-33(32)24-18-23-11-8-9-12-25(23)27(19-24)35(5,6)7/h8-16,18-20H,17H2,1-7H3. The SMILES string of the molecule is Cc1c(CC(C)C)sc2cccc(-c3sc4ccnc(-c5cc(C(C)(C)C)c6ccccc6c5)c4c3C)c12. The van der Waals surface area contributed by atoms with Gasteiger partial charge in [-0.3, -0.25) is 4.98 Å². The summed E-state index contributed by atoms with van der Waals surface area (Å²) in [7, 11) is 0. The fourth-order valence-corrected chi connectivity index (χ4v) is 8.53. The Morgan fingerprint density at radius 2 is 1.58 bits per heavy atom. The first-order valence-electron chi connectivity index (χ1n) is 13.6. The van der Waals surface area contributed by atoms with E-state index in [1.165, 1.54) is 68.5 Å². The molecule has 3 aromatic heterocycles. The summed E-state index contributed by atoms with van der Waals surface area (Å²) >= 11 is 3.88. The van der Waals surface area contributed by atoms with Gasteiger partial charge in [0.1, 0.15) is 0 Å². The first-order chi connectivity index (χ1) is 18.1. The van der Waals surface area contributed by atoms with E-state index in [1.54, 1.807) is 0 Å². The third-order valence-electron chi connectivity index (χ3n) is 7.67. The van der Waals surface area contributed by atoms with Crippen LogP contribution in [-0.4, -0.2) is 4.98 Å². The van der Waals surface area contributed by atoms with Crippen LogP contribution < -0.4 is 0 Å². The summed E-state index contributed by atoms with van der Waals surface area (Å²) in [4.78, 5) is 7.89. The number of aromatic nitrogens is 1. The Kier molecular flexibility index (Phi) is 6.20. The van der Waals surface area contributed by atoms with Crippen molar-refractivity contribution in [3.05, 3.63) is 88.4 Å². The topological polar surface area (TPSA) is 12.9 Å². The fourth-order valence-electron chi connectivity index (χ4n) is 5.84. The second kappa shape index (κ2) is 9.32. The number of benzene rings is 3. The van der Waals surface area contributed by atoms with Crippen molar-refractivity contribution in [3.8, 4) is 21.7 Å². The lowest BCUT2D eigenvalue weighted by molar-refractivity contribution is 0.596. The summed E-state index contributed by atoms with van der Waals surface area (Å²) in [5, 5.41) is 5.32. The zero-order chi connectivity index (χ0) is 26.8. The molecule has 0 spiro atoms. The third-order valence-corrected chi connectivity index (χ3v) is 10.2. The predicted octanol–water partition coefficient (Wildman–Crippen LogP) is 11.1. The predicted molar refractivity (Wildman–Crippen MR) is 170 cm³/mol. The Morgan fingerprint density at radius 1 is 0.816 bits per heavy atom. The highest BCUT2D eigenvalue weighted by molar-refractivity contribution is 7.23. The summed E-state index contributed by atoms with van der Waals surface area (Å²) < 4.78 is 2.70. The summed E-state index contributed by atoms with van der Waals surface area (Å²) in [5.41, 5.74) is 7.86. The highest BCUT2D eigenvalue weighted by atomic mass is 32.1. The second-order valence-electron chi connectivity index (χ2n) is 12.0. The number of aryl methyl sites for hydroxylation is 2. The molecule has 0 aliphatic carbocycles. The van der Waals surface area contributed by atoms with E-state index in [9.17, 15) is 0 Å². The minimum absolute atomic E-state index is 0.0399. The molecule has 3 heteroatoms. The molecule has 0 amide bonds. The van der Waals surface area contributed by atoms with Crippen LogP contribution in [0.3, 0.4) is 0 Å². The van der Waals surface area contributed by atoms with Crippen molar-refractivity contribution in [1.82, 2.24) is 4.98 Å². The first-order valence-corrected chi connectivity index (χ1v) is 15.2. The van der Waals surface area contributed by atoms with Crippen LogP contribution in [-0.2, 0) is 11.8 Å². The number of hydrogen-bond acceptors (Lipinski definition) is 3. The molecule has 1 nitrogen and oxygen atoms in total. The summed E-state index contributed by atoms with van der Waals surface area (Å²) in [6, 6.07) is 22.5. The molecule has 0 radical (unpaired) electrons. The molecular formula is C35H35NS2. The van der Waals surface area contributed by atoms with Gasteiger partial charge in [-0.15, -0.1) is 22.7 Å². The Morgan fingerprint density at radius 3 is 2.34 bits per heavy atom. The Hall–Kier alpha value is -3.01. The molecule has 0 saturated carbocycles. The number of rotatable bonds is 4. The monoisotopic (exact) mass is 533 g/mol. The van der Waals surface area contributed by atoms with Gasteiger partial charge >= 0.3 is 0 Å².